The van der Waals surface area contributed by atoms with Crippen molar-refractivity contribution in [2.24, 2.45) is 0 Å². The number of thiophene rings is 1. The van der Waals surface area contributed by atoms with Gasteiger partial charge in [-0.05, 0) is 36.8 Å². The van der Waals surface area contributed by atoms with Gasteiger partial charge in [0.15, 0.2) is 0 Å². The smallest absolute Gasteiger partial charge is 0.266 e. The van der Waals surface area contributed by atoms with Crippen LogP contribution in [0, 0.1) is 11.6 Å². The van der Waals surface area contributed by atoms with Gasteiger partial charge in [0.1, 0.15) is 32.8 Å². The van der Waals surface area contributed by atoms with E-state index in [0.29, 0.717) is 35.6 Å². The van der Waals surface area contributed by atoms with Crippen LogP contribution < -0.4 is 10.9 Å². The Bertz CT molecular complexity index is 1480. The molecule has 3 aromatic heterocycles. The number of aliphatic hydroxyl groups is 2. The number of para-hydroxylation sites is 1. The highest BCUT2D eigenvalue weighted by atomic mass is 32.1. The van der Waals surface area contributed by atoms with Crippen LogP contribution in [0.1, 0.15) is 21.8 Å². The first-order valence-electron chi connectivity index (χ1n) is 10.8. The number of aliphatic hydroxyl groups excluding tert-OH is 2. The SMILES string of the molecule is O=C(c1sc2c(ccc(=O)n2-c2c(F)cccc2F)c1Nc1cccc(CO)n1)N1CC[C@@H](O)C1. The van der Waals surface area contributed by atoms with Gasteiger partial charge in [0.05, 0.1) is 24.1 Å². The van der Waals surface area contributed by atoms with E-state index in [-0.39, 0.29) is 22.9 Å². The third-order valence-electron chi connectivity index (χ3n) is 5.77. The van der Waals surface area contributed by atoms with E-state index in [1.807, 2.05) is 0 Å². The van der Waals surface area contributed by atoms with Crippen LogP contribution in [-0.2, 0) is 6.61 Å². The van der Waals surface area contributed by atoms with E-state index in [4.69, 9.17) is 0 Å². The first-order valence-corrected chi connectivity index (χ1v) is 11.6. The molecule has 1 amide bonds. The molecule has 180 valence electrons. The number of β-amino-alcohol motifs (C(OH)–C–C–N with tert-alkyl or cyclic N) is 1. The molecule has 11 heteroatoms. The van der Waals surface area contributed by atoms with Crippen molar-refractivity contribution in [3.8, 4) is 5.69 Å². The Morgan fingerprint density at radius 1 is 1.14 bits per heavy atom. The van der Waals surface area contributed by atoms with Crippen LogP contribution in [0.4, 0.5) is 20.3 Å². The summed E-state index contributed by atoms with van der Waals surface area (Å²) in [6, 6.07) is 10.9. The van der Waals surface area contributed by atoms with E-state index in [0.717, 1.165) is 28.0 Å². The van der Waals surface area contributed by atoms with Gasteiger partial charge in [0.2, 0.25) is 0 Å². The highest BCUT2D eigenvalue weighted by molar-refractivity contribution is 7.21. The molecule has 5 rings (SSSR count). The van der Waals surface area contributed by atoms with Gasteiger partial charge >= 0.3 is 0 Å². The first-order chi connectivity index (χ1) is 16.9. The maximum absolute atomic E-state index is 14.7. The number of amides is 1. The average molecular weight is 499 g/mol. The van der Waals surface area contributed by atoms with Gasteiger partial charge in [-0.1, -0.05) is 12.1 Å². The van der Waals surface area contributed by atoms with Crippen LogP contribution in [0.5, 0.6) is 0 Å². The number of pyridine rings is 2. The molecule has 0 radical (unpaired) electrons. The van der Waals surface area contributed by atoms with E-state index in [1.54, 1.807) is 18.2 Å². The summed E-state index contributed by atoms with van der Waals surface area (Å²) < 4.78 is 30.3. The maximum Gasteiger partial charge on any atom is 0.266 e. The highest BCUT2D eigenvalue weighted by Crippen LogP contribution is 2.39. The van der Waals surface area contributed by atoms with Crippen molar-refractivity contribution >= 4 is 39.0 Å². The maximum atomic E-state index is 14.7. The molecule has 1 aliphatic heterocycles. The van der Waals surface area contributed by atoms with Crippen LogP contribution >= 0.6 is 11.3 Å². The van der Waals surface area contributed by atoms with Crippen molar-refractivity contribution in [3.63, 3.8) is 0 Å². The Balaban J connectivity index is 1.74. The van der Waals surface area contributed by atoms with Crippen LogP contribution in [0.15, 0.2) is 53.3 Å². The minimum Gasteiger partial charge on any atom is -0.391 e. The monoisotopic (exact) mass is 498 g/mol. The normalized spacial score (nSPS) is 15.7. The van der Waals surface area contributed by atoms with Crippen molar-refractivity contribution in [2.45, 2.75) is 19.1 Å². The second kappa shape index (κ2) is 9.17. The molecule has 8 nitrogen and oxygen atoms in total. The zero-order valence-corrected chi connectivity index (χ0v) is 19.1. The van der Waals surface area contributed by atoms with E-state index in [9.17, 15) is 28.6 Å². The average Bonchev–Trinajstić information content (AvgIpc) is 3.44. The predicted octanol–water partition coefficient (Wildman–Crippen LogP) is 3.17. The van der Waals surface area contributed by atoms with Crippen molar-refractivity contribution in [3.05, 3.63) is 81.1 Å². The largest absolute Gasteiger partial charge is 0.391 e. The fourth-order valence-electron chi connectivity index (χ4n) is 4.11. The topological polar surface area (TPSA) is 108 Å². The predicted molar refractivity (Wildman–Crippen MR) is 127 cm³/mol. The van der Waals surface area contributed by atoms with Crippen molar-refractivity contribution in [1.29, 1.82) is 0 Å². The fraction of sp³-hybridized carbons (Fsp3) is 0.208. The number of nitrogens with zero attached hydrogens (tertiary/aromatic N) is 3. The number of anilines is 2. The van der Waals surface area contributed by atoms with Gasteiger partial charge in [0, 0.05) is 24.5 Å². The lowest BCUT2D eigenvalue weighted by molar-refractivity contribution is 0.0770. The quantitative estimate of drug-likeness (QED) is 0.390. The van der Waals surface area contributed by atoms with Crippen LogP contribution in [0.2, 0.25) is 0 Å². The van der Waals surface area contributed by atoms with E-state index < -0.39 is 34.9 Å². The van der Waals surface area contributed by atoms with Crippen molar-refractivity contribution < 1.29 is 23.8 Å². The number of benzene rings is 1. The van der Waals surface area contributed by atoms with E-state index >= 15 is 0 Å². The molecule has 0 aliphatic carbocycles. The highest BCUT2D eigenvalue weighted by Gasteiger charge is 2.30. The molecular weight excluding hydrogens is 478 g/mol. The summed E-state index contributed by atoms with van der Waals surface area (Å²) in [4.78, 5) is 32.4. The van der Waals surface area contributed by atoms with Gasteiger partial charge < -0.3 is 20.4 Å². The number of rotatable bonds is 5. The molecule has 1 atom stereocenters. The van der Waals surface area contributed by atoms with Crippen molar-refractivity contribution in [1.82, 2.24) is 14.5 Å². The molecule has 1 fully saturated rings. The van der Waals surface area contributed by atoms with Gasteiger partial charge in [0.25, 0.3) is 11.5 Å². The lowest BCUT2D eigenvalue weighted by Gasteiger charge is -2.16. The summed E-state index contributed by atoms with van der Waals surface area (Å²) >= 11 is 0.919. The Kier molecular flexibility index (Phi) is 6.05. The molecule has 35 heavy (non-hydrogen) atoms. The molecule has 0 saturated carbocycles. The lowest BCUT2D eigenvalue weighted by atomic mass is 10.2. The van der Waals surface area contributed by atoms with Crippen LogP contribution in [0.25, 0.3) is 15.9 Å². The molecular formula is C24H20F2N4O4S. The standard InChI is InChI=1S/C24H20F2N4O4S/c25-16-4-2-5-17(26)21(16)30-19(33)8-7-15-20(28-18-6-1-3-13(12-31)27-18)22(35-24(15)30)23(34)29-10-9-14(32)11-29/h1-8,14,31-32H,9-12H2,(H,27,28)/t14-/m1/s1. The summed E-state index contributed by atoms with van der Waals surface area (Å²) in [6.45, 7) is 0.212. The third-order valence-corrected chi connectivity index (χ3v) is 6.95. The lowest BCUT2D eigenvalue weighted by Crippen LogP contribution is -2.29. The molecule has 4 heterocycles. The molecule has 1 aromatic carbocycles. The van der Waals surface area contributed by atoms with Crippen LogP contribution in [-0.4, -0.2) is 49.8 Å². The number of hydrogen-bond donors (Lipinski definition) is 3. The zero-order valence-electron chi connectivity index (χ0n) is 18.2. The Morgan fingerprint density at radius 2 is 1.89 bits per heavy atom. The third kappa shape index (κ3) is 4.18. The van der Waals surface area contributed by atoms with E-state index in [2.05, 4.69) is 10.3 Å². The van der Waals surface area contributed by atoms with E-state index in [1.165, 1.54) is 23.1 Å². The molecule has 3 N–H and O–H groups in total. The summed E-state index contributed by atoms with van der Waals surface area (Å²) in [5, 5.41) is 22.8. The van der Waals surface area contributed by atoms with Crippen LogP contribution in [0.3, 0.4) is 0 Å². The molecule has 4 aromatic rings. The number of carbonyl (C=O) groups excluding carboxylic acids is 1. The summed E-state index contributed by atoms with van der Waals surface area (Å²) in [7, 11) is 0. The van der Waals surface area contributed by atoms with Gasteiger partial charge in [-0.25, -0.2) is 13.8 Å². The summed E-state index contributed by atoms with van der Waals surface area (Å²) in [5.74, 6) is -1.90. The minimum atomic E-state index is -0.921. The Hall–Kier alpha value is -3.67. The summed E-state index contributed by atoms with van der Waals surface area (Å²) in [5.41, 5.74) is -0.489. The number of hydrogen-bond acceptors (Lipinski definition) is 7. The second-order valence-corrected chi connectivity index (χ2v) is 9.09. The fourth-order valence-corrected chi connectivity index (χ4v) is 5.33. The number of aromatic nitrogens is 2. The molecule has 1 aliphatic rings. The number of nitrogens with one attached hydrogen (secondary N) is 1. The second-order valence-electron chi connectivity index (χ2n) is 8.09. The number of fused-ring (bicyclic) bond motifs is 1. The molecule has 0 bridgehead atoms. The summed E-state index contributed by atoms with van der Waals surface area (Å²) in [6.07, 6.45) is -0.205. The molecule has 0 spiro atoms. The van der Waals surface area contributed by atoms with Gasteiger partial charge in [-0.2, -0.15) is 0 Å². The molecule has 1 saturated heterocycles. The zero-order chi connectivity index (χ0) is 24.7. The van der Waals surface area contributed by atoms with Gasteiger partial charge in [-0.3, -0.25) is 14.2 Å². The number of likely N-dealkylation sites (tertiary alicyclic amines) is 1. The minimum absolute atomic E-state index is 0.152. The Morgan fingerprint density at radius 3 is 2.57 bits per heavy atom. The first kappa shape index (κ1) is 23.1. The van der Waals surface area contributed by atoms with Crippen molar-refractivity contribution in [2.75, 3.05) is 18.4 Å². The number of halogens is 2. The number of carbonyl (C=O) groups is 1. The Labute approximate surface area is 201 Å². The molecule has 0 unspecified atom stereocenters. The van der Waals surface area contributed by atoms with Gasteiger partial charge in [-0.15, -0.1) is 11.3 Å².